The van der Waals surface area contributed by atoms with Crippen molar-refractivity contribution in [2.24, 2.45) is 5.16 Å². The maximum absolute atomic E-state index is 12.6. The Balaban J connectivity index is 1.77. The number of aliphatic carboxylic acids is 1. The lowest BCUT2D eigenvalue weighted by atomic mass is 10.0. The molecule has 0 radical (unpaired) electrons. The number of thiazole rings is 1. The van der Waals surface area contributed by atoms with E-state index in [2.05, 4.69) is 20.3 Å². The quantitative estimate of drug-likeness (QED) is 0.254. The van der Waals surface area contributed by atoms with Crippen molar-refractivity contribution in [2.75, 3.05) is 26.0 Å². The third kappa shape index (κ3) is 3.48. The molecule has 2 aliphatic rings. The lowest BCUT2D eigenvalue weighted by Crippen LogP contribution is -2.71. The van der Waals surface area contributed by atoms with Crippen LogP contribution >= 0.6 is 23.1 Å². The van der Waals surface area contributed by atoms with Gasteiger partial charge in [0.1, 0.15) is 24.2 Å². The molecule has 0 bridgehead atoms. The number of fused-ring (bicyclic) bond motifs is 1. The lowest BCUT2D eigenvalue weighted by Gasteiger charge is -2.49. The van der Waals surface area contributed by atoms with Gasteiger partial charge in [0, 0.05) is 11.9 Å². The van der Waals surface area contributed by atoms with Crippen molar-refractivity contribution >= 4 is 51.7 Å². The number of carboxylic acids is 1. The summed E-state index contributed by atoms with van der Waals surface area (Å²) in [6.07, 6.45) is 0. The first-order chi connectivity index (χ1) is 12.9. The fourth-order valence-electron chi connectivity index (χ4n) is 2.66. The van der Waals surface area contributed by atoms with Gasteiger partial charge in [-0.15, -0.1) is 11.3 Å². The number of anilines is 1. The molecule has 1 saturated heterocycles. The molecule has 3 heterocycles. The smallest absolute Gasteiger partial charge is 0.342 e. The molecule has 27 heavy (non-hydrogen) atoms. The minimum absolute atomic E-state index is 0.00262. The van der Waals surface area contributed by atoms with Crippen molar-refractivity contribution in [1.29, 1.82) is 0 Å². The maximum Gasteiger partial charge on any atom is 0.342 e. The molecule has 2 atom stereocenters. The lowest BCUT2D eigenvalue weighted by molar-refractivity contribution is -0.147. The fraction of sp³-hybridized carbons (Fsp3) is 0.357. The highest BCUT2D eigenvalue weighted by molar-refractivity contribution is 8.04. The Kier molecular flexibility index (Phi) is 5.34. The van der Waals surface area contributed by atoms with Crippen LogP contribution in [-0.2, 0) is 19.2 Å². The number of nitrogens with zero attached hydrogens (tertiary/aromatic N) is 3. The van der Waals surface area contributed by atoms with Gasteiger partial charge in [0.2, 0.25) is 5.91 Å². The first-order valence-electron chi connectivity index (χ1n) is 7.54. The molecular weight excluding hydrogens is 398 g/mol. The number of aliphatic hydroxyl groups excluding tert-OH is 1. The molecule has 1 fully saturated rings. The number of hydrogen-bond donors (Lipinski definition) is 4. The van der Waals surface area contributed by atoms with Crippen LogP contribution in [0.3, 0.4) is 0 Å². The van der Waals surface area contributed by atoms with Crippen LogP contribution in [0.25, 0.3) is 0 Å². The number of carboxylic acid groups (broad SMARTS) is 1. The first-order valence-corrected chi connectivity index (χ1v) is 9.30. The van der Waals surface area contributed by atoms with Crippen LogP contribution in [0.1, 0.15) is 5.69 Å². The molecule has 0 aliphatic carbocycles. The van der Waals surface area contributed by atoms with Crippen molar-refractivity contribution in [1.82, 2.24) is 15.2 Å². The van der Waals surface area contributed by atoms with E-state index in [9.17, 15) is 24.6 Å². The highest BCUT2D eigenvalue weighted by atomic mass is 32.2. The second kappa shape index (κ2) is 7.54. The Morgan fingerprint density at radius 1 is 1.56 bits per heavy atom. The van der Waals surface area contributed by atoms with Gasteiger partial charge in [-0.3, -0.25) is 9.59 Å². The van der Waals surface area contributed by atoms with E-state index in [1.807, 2.05) is 0 Å². The highest BCUT2D eigenvalue weighted by Gasteiger charge is 2.52. The van der Waals surface area contributed by atoms with E-state index in [1.165, 1.54) is 17.4 Å². The van der Waals surface area contributed by atoms with Crippen molar-refractivity contribution < 1.29 is 29.4 Å². The summed E-state index contributed by atoms with van der Waals surface area (Å²) >= 11 is 2.02. The van der Waals surface area contributed by atoms with Crippen LogP contribution in [0, 0.1) is 0 Å². The van der Waals surface area contributed by atoms with Crippen LogP contribution in [0.2, 0.25) is 0 Å². The summed E-state index contributed by atoms with van der Waals surface area (Å²) in [4.78, 5) is 46.2. The van der Waals surface area contributed by atoms with Gasteiger partial charge in [-0.1, -0.05) is 16.9 Å². The minimum Gasteiger partial charge on any atom is -0.477 e. The molecule has 0 aromatic carbocycles. The fourth-order valence-corrected chi connectivity index (χ4v) is 4.48. The number of β-lactam (4-membered cyclic amide) rings is 1. The number of carbonyl (C=O) groups is 3. The number of rotatable bonds is 6. The highest BCUT2D eigenvalue weighted by Crippen LogP contribution is 2.41. The molecule has 0 spiro atoms. The monoisotopic (exact) mass is 413 g/mol. The van der Waals surface area contributed by atoms with Crippen molar-refractivity contribution in [3.8, 4) is 0 Å². The molecule has 1 aromatic heterocycles. The first kappa shape index (κ1) is 19.1. The second-order valence-corrected chi connectivity index (χ2v) is 7.53. The summed E-state index contributed by atoms with van der Waals surface area (Å²) in [7, 11) is 1.26. The van der Waals surface area contributed by atoms with E-state index in [-0.39, 0.29) is 39.5 Å². The third-order valence-corrected chi connectivity index (χ3v) is 6.04. The Morgan fingerprint density at radius 3 is 2.85 bits per heavy atom. The van der Waals surface area contributed by atoms with Crippen molar-refractivity contribution in [2.45, 2.75) is 11.4 Å². The zero-order chi connectivity index (χ0) is 19.7. The largest absolute Gasteiger partial charge is 0.477 e. The summed E-state index contributed by atoms with van der Waals surface area (Å²) < 4.78 is 0. The number of amides is 2. The summed E-state index contributed by atoms with van der Waals surface area (Å²) in [5.74, 6) is -2.27. The van der Waals surface area contributed by atoms with Gasteiger partial charge < -0.3 is 31.0 Å². The van der Waals surface area contributed by atoms with Crippen LogP contribution in [0.15, 0.2) is 21.0 Å². The van der Waals surface area contributed by atoms with E-state index < -0.39 is 29.9 Å². The Morgan fingerprint density at radius 2 is 2.30 bits per heavy atom. The van der Waals surface area contributed by atoms with Gasteiger partial charge in [-0.05, 0) is 5.57 Å². The molecule has 5 N–H and O–H groups in total. The molecule has 0 saturated carbocycles. The molecule has 0 unspecified atom stereocenters. The van der Waals surface area contributed by atoms with Gasteiger partial charge in [-0.25, -0.2) is 9.78 Å². The minimum atomic E-state index is -1.19. The molecule has 11 nitrogen and oxygen atoms in total. The van der Waals surface area contributed by atoms with Crippen LogP contribution < -0.4 is 11.1 Å². The Bertz CT molecular complexity index is 866. The molecule has 2 amide bonds. The van der Waals surface area contributed by atoms with Gasteiger partial charge in [-0.2, -0.15) is 0 Å². The molecular formula is C14H15N5O6S2. The van der Waals surface area contributed by atoms with Gasteiger partial charge in [0.05, 0.1) is 11.5 Å². The van der Waals surface area contributed by atoms with Crippen LogP contribution in [0.4, 0.5) is 5.13 Å². The van der Waals surface area contributed by atoms with Crippen LogP contribution in [0.5, 0.6) is 0 Å². The average molecular weight is 413 g/mol. The molecule has 1 aromatic rings. The Labute approximate surface area is 160 Å². The number of hydrogen-bond acceptors (Lipinski definition) is 10. The predicted molar refractivity (Wildman–Crippen MR) is 96.8 cm³/mol. The zero-order valence-electron chi connectivity index (χ0n) is 13.9. The van der Waals surface area contributed by atoms with Crippen molar-refractivity contribution in [3.63, 3.8) is 0 Å². The number of nitrogen functional groups attached to an aromatic ring is 1. The number of nitrogens with two attached hydrogens (primary N) is 1. The van der Waals surface area contributed by atoms with E-state index >= 15 is 0 Å². The normalized spacial score (nSPS) is 22.2. The second-order valence-electron chi connectivity index (χ2n) is 5.52. The third-order valence-electron chi connectivity index (χ3n) is 3.90. The van der Waals surface area contributed by atoms with Gasteiger partial charge in [0.25, 0.3) is 5.91 Å². The number of thioether (sulfide) groups is 1. The summed E-state index contributed by atoms with van der Waals surface area (Å²) in [6.45, 7) is -0.458. The van der Waals surface area contributed by atoms with Crippen LogP contribution in [-0.4, -0.2) is 75.3 Å². The SMILES string of the molecule is CO/N=C(\C(=O)N[C@@H]1C(=O)N2CC(CO)=C(C(=O)O)S[C@@H]12)c1csc(N)n1. The van der Waals surface area contributed by atoms with Gasteiger partial charge >= 0.3 is 5.97 Å². The van der Waals surface area contributed by atoms with Crippen molar-refractivity contribution in [3.05, 3.63) is 21.6 Å². The maximum atomic E-state index is 12.6. The number of oxime groups is 1. The molecule has 144 valence electrons. The standard InChI is InChI=1S/C14H15N5O6S2/c1-25-18-7(6-4-26-14(15)16-6)10(21)17-8-11(22)19-2-5(3-20)9(13(23)24)27-12(8)19/h4,8,12,20H,2-3H2,1H3,(H2,15,16)(H,17,21)(H,23,24)/b18-7-/t8-,12+/m1/s1. The van der Waals surface area contributed by atoms with E-state index in [0.717, 1.165) is 23.1 Å². The number of nitrogens with one attached hydrogen (secondary N) is 1. The molecule has 3 rings (SSSR count). The van der Waals surface area contributed by atoms with E-state index in [0.29, 0.717) is 0 Å². The van der Waals surface area contributed by atoms with E-state index in [4.69, 9.17) is 5.73 Å². The molecule has 13 heteroatoms. The predicted octanol–water partition coefficient (Wildman–Crippen LogP) is -1.19. The van der Waals surface area contributed by atoms with Gasteiger partial charge in [0.15, 0.2) is 10.8 Å². The molecule has 2 aliphatic heterocycles. The summed E-state index contributed by atoms with van der Waals surface area (Å²) in [5, 5.41) is 25.9. The summed E-state index contributed by atoms with van der Waals surface area (Å²) in [5.41, 5.74) is 5.87. The average Bonchev–Trinajstić information content (AvgIpc) is 3.08. The number of carbonyl (C=O) groups excluding carboxylic acids is 2. The topological polar surface area (TPSA) is 167 Å². The number of aromatic nitrogens is 1. The Hall–Kier alpha value is -2.64. The zero-order valence-corrected chi connectivity index (χ0v) is 15.5. The number of aliphatic hydroxyl groups is 1. The summed E-state index contributed by atoms with van der Waals surface area (Å²) in [6, 6.07) is -0.935. The van der Waals surface area contributed by atoms with E-state index in [1.54, 1.807) is 0 Å².